The Morgan fingerprint density at radius 3 is 2.23 bits per heavy atom. The van der Waals surface area contributed by atoms with Crippen molar-refractivity contribution in [2.24, 2.45) is 5.92 Å². The van der Waals surface area contributed by atoms with E-state index in [4.69, 9.17) is 4.74 Å². The third kappa shape index (κ3) is 3.94. The maximum Gasteiger partial charge on any atom is 0.243 e. The largest absolute Gasteiger partial charge is 0.497 e. The van der Waals surface area contributed by atoms with Crippen LogP contribution < -0.4 is 4.74 Å². The predicted molar refractivity (Wildman–Crippen MR) is 110 cm³/mol. The molecular formula is C22H25FN2O4S. The number of nitrogens with zero attached hydrogens (tertiary/aromatic N) is 2. The number of carbonyl (C=O) groups excluding carboxylic acids is 1. The van der Waals surface area contributed by atoms with Gasteiger partial charge in [-0.1, -0.05) is 12.1 Å². The van der Waals surface area contributed by atoms with E-state index in [-0.39, 0.29) is 35.6 Å². The Morgan fingerprint density at radius 1 is 1.00 bits per heavy atom. The van der Waals surface area contributed by atoms with Crippen molar-refractivity contribution in [3.05, 3.63) is 59.9 Å². The molecular weight excluding hydrogens is 407 g/mol. The molecule has 0 spiro atoms. The zero-order chi connectivity index (χ0) is 21.3. The molecule has 2 fully saturated rings. The third-order valence-electron chi connectivity index (χ3n) is 6.02. The summed E-state index contributed by atoms with van der Waals surface area (Å²) in [7, 11) is -2.25. The predicted octanol–water partition coefficient (Wildman–Crippen LogP) is 2.86. The van der Waals surface area contributed by atoms with E-state index in [0.29, 0.717) is 18.8 Å². The highest BCUT2D eigenvalue weighted by molar-refractivity contribution is 7.89. The van der Waals surface area contributed by atoms with Crippen molar-refractivity contribution in [2.75, 3.05) is 33.3 Å². The number of benzene rings is 2. The SMILES string of the molecule is COc1ccc(S(=O)(=O)N2C[C@H](C(=O)N3CCCC3)[C@H](c3ccc(F)cc3)C2)cc1. The van der Waals surface area contributed by atoms with E-state index >= 15 is 0 Å². The number of carbonyl (C=O) groups is 1. The molecule has 0 unspecified atom stereocenters. The summed E-state index contributed by atoms with van der Waals surface area (Å²) in [4.78, 5) is 15.2. The first-order valence-corrected chi connectivity index (χ1v) is 11.5. The molecule has 2 atom stereocenters. The molecule has 30 heavy (non-hydrogen) atoms. The summed E-state index contributed by atoms with van der Waals surface area (Å²) in [5.74, 6) is -0.605. The number of sulfonamides is 1. The normalized spacial score (nSPS) is 22.4. The van der Waals surface area contributed by atoms with Crippen molar-refractivity contribution in [2.45, 2.75) is 23.7 Å². The van der Waals surface area contributed by atoms with Gasteiger partial charge < -0.3 is 9.64 Å². The molecule has 2 heterocycles. The van der Waals surface area contributed by atoms with Crippen molar-refractivity contribution in [1.29, 1.82) is 0 Å². The minimum absolute atomic E-state index is 0.0192. The Kier molecular flexibility index (Phi) is 5.79. The van der Waals surface area contributed by atoms with Crippen LogP contribution in [0.4, 0.5) is 4.39 Å². The van der Waals surface area contributed by atoms with Crippen molar-refractivity contribution in [1.82, 2.24) is 9.21 Å². The van der Waals surface area contributed by atoms with Crippen LogP contribution in [0, 0.1) is 11.7 Å². The highest BCUT2D eigenvalue weighted by Crippen LogP contribution is 2.37. The Bertz CT molecular complexity index is 1000. The molecule has 0 aromatic heterocycles. The fourth-order valence-corrected chi connectivity index (χ4v) is 5.82. The number of methoxy groups -OCH3 is 1. The van der Waals surface area contributed by atoms with Crippen LogP contribution in [-0.2, 0) is 14.8 Å². The van der Waals surface area contributed by atoms with E-state index in [0.717, 1.165) is 18.4 Å². The third-order valence-corrected chi connectivity index (χ3v) is 7.86. The molecule has 2 saturated heterocycles. The lowest BCUT2D eigenvalue weighted by Gasteiger charge is -2.24. The Hall–Kier alpha value is -2.45. The van der Waals surface area contributed by atoms with E-state index in [1.165, 1.54) is 35.7 Å². The first-order chi connectivity index (χ1) is 14.4. The van der Waals surface area contributed by atoms with E-state index in [2.05, 4.69) is 0 Å². The van der Waals surface area contributed by atoms with Crippen LogP contribution in [0.15, 0.2) is 53.4 Å². The average Bonchev–Trinajstić information content (AvgIpc) is 3.44. The van der Waals surface area contributed by atoms with Gasteiger partial charge in [-0.3, -0.25) is 4.79 Å². The van der Waals surface area contributed by atoms with Crippen molar-refractivity contribution in [3.63, 3.8) is 0 Å². The van der Waals surface area contributed by atoms with Gasteiger partial charge >= 0.3 is 0 Å². The second-order valence-corrected chi connectivity index (χ2v) is 9.73. The van der Waals surface area contributed by atoms with E-state index < -0.39 is 15.9 Å². The Balaban J connectivity index is 1.64. The standard InChI is InChI=1S/C22H25FN2O4S/c1-29-18-8-10-19(11-9-18)30(27,28)25-14-20(16-4-6-17(23)7-5-16)21(15-25)22(26)24-12-2-3-13-24/h4-11,20-21H,2-3,12-15H2,1H3/t20-,21-/m0/s1. The van der Waals surface area contributed by atoms with Gasteiger partial charge in [0.1, 0.15) is 11.6 Å². The summed E-state index contributed by atoms with van der Waals surface area (Å²) in [5, 5.41) is 0. The van der Waals surface area contributed by atoms with Crippen molar-refractivity contribution < 1.29 is 22.3 Å². The van der Waals surface area contributed by atoms with Gasteiger partial charge in [0.15, 0.2) is 0 Å². The molecule has 2 aliphatic heterocycles. The summed E-state index contributed by atoms with van der Waals surface area (Å²) in [6.45, 7) is 1.71. The number of likely N-dealkylation sites (tertiary alicyclic amines) is 1. The lowest BCUT2D eigenvalue weighted by molar-refractivity contribution is -0.134. The first kappa shape index (κ1) is 20.8. The van der Waals surface area contributed by atoms with Crippen LogP contribution >= 0.6 is 0 Å². The molecule has 6 nitrogen and oxygen atoms in total. The zero-order valence-electron chi connectivity index (χ0n) is 16.8. The van der Waals surface area contributed by atoms with Gasteiger partial charge in [0, 0.05) is 32.1 Å². The summed E-state index contributed by atoms with van der Waals surface area (Å²) >= 11 is 0. The lowest BCUT2D eigenvalue weighted by atomic mass is 9.88. The topological polar surface area (TPSA) is 66.9 Å². The van der Waals surface area contributed by atoms with Gasteiger partial charge in [-0.25, -0.2) is 12.8 Å². The first-order valence-electron chi connectivity index (χ1n) is 10.1. The molecule has 2 aliphatic rings. The van der Waals surface area contributed by atoms with Gasteiger partial charge in [-0.15, -0.1) is 0 Å². The quantitative estimate of drug-likeness (QED) is 0.729. The maximum absolute atomic E-state index is 13.4. The Labute approximate surface area is 176 Å². The molecule has 4 rings (SSSR count). The van der Waals surface area contributed by atoms with Crippen LogP contribution in [0.5, 0.6) is 5.75 Å². The smallest absolute Gasteiger partial charge is 0.243 e. The lowest BCUT2D eigenvalue weighted by Crippen LogP contribution is -2.37. The summed E-state index contributed by atoms with van der Waals surface area (Å²) < 4.78 is 46.4. The molecule has 2 aromatic rings. The van der Waals surface area contributed by atoms with Gasteiger partial charge in [0.25, 0.3) is 0 Å². The summed E-state index contributed by atoms with van der Waals surface area (Å²) in [5.41, 5.74) is 0.779. The van der Waals surface area contributed by atoms with E-state index in [1.807, 2.05) is 4.90 Å². The molecule has 1 amide bonds. The van der Waals surface area contributed by atoms with Crippen LogP contribution in [0.25, 0.3) is 0 Å². The fraction of sp³-hybridized carbons (Fsp3) is 0.409. The fourth-order valence-electron chi connectivity index (χ4n) is 4.33. The van der Waals surface area contributed by atoms with Crippen LogP contribution in [0.3, 0.4) is 0 Å². The van der Waals surface area contributed by atoms with Crippen molar-refractivity contribution >= 4 is 15.9 Å². The highest BCUT2D eigenvalue weighted by atomic mass is 32.2. The average molecular weight is 433 g/mol. The molecule has 0 bridgehead atoms. The van der Waals surface area contributed by atoms with Gasteiger partial charge in [0.05, 0.1) is 17.9 Å². The number of amides is 1. The van der Waals surface area contributed by atoms with Crippen LogP contribution in [0.2, 0.25) is 0 Å². The van der Waals surface area contributed by atoms with Gasteiger partial charge in [0.2, 0.25) is 15.9 Å². The second kappa shape index (κ2) is 8.35. The van der Waals surface area contributed by atoms with E-state index in [9.17, 15) is 17.6 Å². The maximum atomic E-state index is 13.4. The molecule has 160 valence electrons. The second-order valence-electron chi connectivity index (χ2n) is 7.79. The number of rotatable bonds is 5. The highest BCUT2D eigenvalue weighted by Gasteiger charge is 2.45. The van der Waals surface area contributed by atoms with Crippen molar-refractivity contribution in [3.8, 4) is 5.75 Å². The molecule has 0 radical (unpaired) electrons. The minimum atomic E-state index is -3.77. The number of hydrogen-bond acceptors (Lipinski definition) is 4. The number of hydrogen-bond donors (Lipinski definition) is 0. The van der Waals surface area contributed by atoms with E-state index in [1.54, 1.807) is 24.3 Å². The molecule has 0 saturated carbocycles. The minimum Gasteiger partial charge on any atom is -0.497 e. The molecule has 8 heteroatoms. The van der Waals surface area contributed by atoms with Crippen LogP contribution in [-0.4, -0.2) is 56.8 Å². The molecule has 0 N–H and O–H groups in total. The summed E-state index contributed by atoms with van der Waals surface area (Å²) in [6, 6.07) is 12.2. The number of ether oxygens (including phenoxy) is 1. The van der Waals surface area contributed by atoms with Gasteiger partial charge in [-0.2, -0.15) is 4.31 Å². The zero-order valence-corrected chi connectivity index (χ0v) is 17.6. The Morgan fingerprint density at radius 2 is 1.63 bits per heavy atom. The van der Waals surface area contributed by atoms with Crippen LogP contribution in [0.1, 0.15) is 24.3 Å². The number of halogens is 1. The molecule has 0 aliphatic carbocycles. The monoisotopic (exact) mass is 432 g/mol. The summed E-state index contributed by atoms with van der Waals surface area (Å²) in [6.07, 6.45) is 1.93. The van der Waals surface area contributed by atoms with Gasteiger partial charge in [-0.05, 0) is 54.8 Å². The molecule has 2 aromatic carbocycles.